The molecule has 0 aromatic carbocycles. The van der Waals surface area contributed by atoms with Crippen molar-refractivity contribution in [2.24, 2.45) is 5.84 Å². The number of hydrogen-bond donors (Lipinski definition) is 2. The molecule has 8 nitrogen and oxygen atoms in total. The number of amides is 1. The van der Waals surface area contributed by atoms with Gasteiger partial charge >= 0.3 is 0 Å². The second-order valence-electron chi connectivity index (χ2n) is 5.36. The standard InChI is InChI=1S/C12H19N5O3S/c1-12(2)11(18)16(3)7-8-17(12)21(19,20)9-5-4-6-14-10(9)15-13/h4-6H,7-8,13H2,1-3H3,(H,14,15). The van der Waals surface area contributed by atoms with Crippen molar-refractivity contribution in [2.75, 3.05) is 25.6 Å². The largest absolute Gasteiger partial charge is 0.343 e. The summed E-state index contributed by atoms with van der Waals surface area (Å²) in [6.45, 7) is 3.74. The van der Waals surface area contributed by atoms with Crippen molar-refractivity contribution >= 4 is 21.7 Å². The highest BCUT2D eigenvalue weighted by atomic mass is 32.2. The molecular formula is C12H19N5O3S. The first-order valence-electron chi connectivity index (χ1n) is 6.43. The number of nitrogens with two attached hydrogens (primary N) is 1. The van der Waals surface area contributed by atoms with Crippen LogP contribution in [0.2, 0.25) is 0 Å². The highest BCUT2D eigenvalue weighted by Crippen LogP contribution is 2.31. The average Bonchev–Trinajstić information content (AvgIpc) is 2.44. The Morgan fingerprint density at radius 1 is 1.38 bits per heavy atom. The van der Waals surface area contributed by atoms with E-state index in [1.165, 1.54) is 27.5 Å². The van der Waals surface area contributed by atoms with Crippen molar-refractivity contribution in [1.82, 2.24) is 14.2 Å². The van der Waals surface area contributed by atoms with Gasteiger partial charge in [-0.05, 0) is 26.0 Å². The van der Waals surface area contributed by atoms with Gasteiger partial charge < -0.3 is 10.3 Å². The number of likely N-dealkylation sites (N-methyl/N-ethyl adjacent to an activating group) is 1. The molecule has 116 valence electrons. The molecule has 1 aliphatic rings. The molecule has 2 rings (SSSR count). The Balaban J connectivity index is 2.51. The van der Waals surface area contributed by atoms with Gasteiger partial charge in [0.25, 0.3) is 0 Å². The lowest BCUT2D eigenvalue weighted by molar-refractivity contribution is -0.142. The molecule has 1 fully saturated rings. The van der Waals surface area contributed by atoms with Crippen molar-refractivity contribution < 1.29 is 13.2 Å². The van der Waals surface area contributed by atoms with Crippen molar-refractivity contribution in [2.45, 2.75) is 24.3 Å². The number of hydrazine groups is 1. The molecule has 0 spiro atoms. The fourth-order valence-electron chi connectivity index (χ4n) is 2.44. The SMILES string of the molecule is CN1CCN(S(=O)(=O)c2cccnc2NN)C(C)(C)C1=O. The molecule has 1 aliphatic heterocycles. The van der Waals surface area contributed by atoms with Gasteiger partial charge in [0, 0.05) is 26.3 Å². The van der Waals surface area contributed by atoms with Gasteiger partial charge in [0.05, 0.1) is 0 Å². The normalized spacial score (nSPS) is 19.6. The third-order valence-electron chi connectivity index (χ3n) is 3.61. The smallest absolute Gasteiger partial charge is 0.247 e. The summed E-state index contributed by atoms with van der Waals surface area (Å²) < 4.78 is 26.9. The Morgan fingerprint density at radius 3 is 2.67 bits per heavy atom. The van der Waals surface area contributed by atoms with Crippen LogP contribution in [0.1, 0.15) is 13.8 Å². The number of piperazine rings is 1. The van der Waals surface area contributed by atoms with E-state index in [9.17, 15) is 13.2 Å². The number of nitrogens with one attached hydrogen (secondary N) is 1. The lowest BCUT2D eigenvalue weighted by Crippen LogP contribution is -2.63. The maximum atomic E-state index is 12.9. The van der Waals surface area contributed by atoms with E-state index >= 15 is 0 Å². The molecule has 0 radical (unpaired) electrons. The Bertz CT molecular complexity index is 659. The Hall–Kier alpha value is -1.71. The quantitative estimate of drug-likeness (QED) is 0.581. The third kappa shape index (κ3) is 2.47. The van der Waals surface area contributed by atoms with Crippen molar-refractivity contribution in [1.29, 1.82) is 0 Å². The summed E-state index contributed by atoms with van der Waals surface area (Å²) in [6.07, 6.45) is 1.44. The molecule has 0 aliphatic carbocycles. The second-order valence-corrected chi connectivity index (χ2v) is 7.19. The minimum Gasteiger partial charge on any atom is -0.343 e. The summed E-state index contributed by atoms with van der Waals surface area (Å²) in [4.78, 5) is 17.6. The fraction of sp³-hybridized carbons (Fsp3) is 0.500. The number of hydrogen-bond acceptors (Lipinski definition) is 6. The van der Waals surface area contributed by atoms with Crippen LogP contribution in [0.5, 0.6) is 0 Å². The van der Waals surface area contributed by atoms with Gasteiger partial charge in [-0.15, -0.1) is 0 Å². The summed E-state index contributed by atoms with van der Waals surface area (Å²) in [7, 11) is -2.23. The first-order valence-corrected chi connectivity index (χ1v) is 7.87. The van der Waals surface area contributed by atoms with Crippen LogP contribution in [-0.2, 0) is 14.8 Å². The molecule has 0 atom stereocenters. The highest BCUT2D eigenvalue weighted by Gasteiger charge is 2.47. The summed E-state index contributed by atoms with van der Waals surface area (Å²) >= 11 is 0. The molecule has 1 amide bonds. The van der Waals surface area contributed by atoms with Crippen LogP contribution in [0, 0.1) is 0 Å². The lowest BCUT2D eigenvalue weighted by Gasteiger charge is -2.43. The zero-order valence-corrected chi connectivity index (χ0v) is 13.0. The van der Waals surface area contributed by atoms with Crippen LogP contribution >= 0.6 is 0 Å². The number of sulfonamides is 1. The van der Waals surface area contributed by atoms with Gasteiger partial charge in [-0.1, -0.05) is 0 Å². The predicted octanol–water partition coefficient (Wildman–Crippen LogP) is -0.391. The van der Waals surface area contributed by atoms with Crippen LogP contribution in [0.4, 0.5) is 5.82 Å². The highest BCUT2D eigenvalue weighted by molar-refractivity contribution is 7.89. The third-order valence-corrected chi connectivity index (χ3v) is 5.71. The molecule has 1 aromatic rings. The molecule has 1 saturated heterocycles. The number of nitrogens with zero attached hydrogens (tertiary/aromatic N) is 3. The molecule has 0 bridgehead atoms. The van der Waals surface area contributed by atoms with E-state index in [4.69, 9.17) is 5.84 Å². The van der Waals surface area contributed by atoms with Crippen LogP contribution < -0.4 is 11.3 Å². The van der Waals surface area contributed by atoms with Gasteiger partial charge in [0.1, 0.15) is 10.4 Å². The summed E-state index contributed by atoms with van der Waals surface area (Å²) in [5.74, 6) is 5.13. The van der Waals surface area contributed by atoms with Crippen LogP contribution in [-0.4, -0.2) is 54.2 Å². The minimum absolute atomic E-state index is 0.0436. The molecule has 21 heavy (non-hydrogen) atoms. The topological polar surface area (TPSA) is 109 Å². The number of carbonyl (C=O) groups is 1. The zero-order chi connectivity index (χ0) is 15.8. The second kappa shape index (κ2) is 5.24. The van der Waals surface area contributed by atoms with Gasteiger partial charge in [-0.2, -0.15) is 4.31 Å². The summed E-state index contributed by atoms with van der Waals surface area (Å²) in [6, 6.07) is 2.93. The molecule has 1 aromatic heterocycles. The van der Waals surface area contributed by atoms with Crippen molar-refractivity contribution in [3.63, 3.8) is 0 Å². The molecule has 2 heterocycles. The van der Waals surface area contributed by atoms with E-state index in [0.29, 0.717) is 6.54 Å². The maximum Gasteiger partial charge on any atom is 0.247 e. The van der Waals surface area contributed by atoms with Crippen LogP contribution in [0.3, 0.4) is 0 Å². The van der Waals surface area contributed by atoms with E-state index in [2.05, 4.69) is 10.4 Å². The maximum absolute atomic E-state index is 12.9. The van der Waals surface area contributed by atoms with Crippen molar-refractivity contribution in [3.05, 3.63) is 18.3 Å². The van der Waals surface area contributed by atoms with Crippen LogP contribution in [0.15, 0.2) is 23.2 Å². The Kier molecular flexibility index (Phi) is 3.91. The molecule has 0 saturated carbocycles. The number of nitrogen functional groups attached to an aromatic ring is 1. The monoisotopic (exact) mass is 313 g/mol. The van der Waals surface area contributed by atoms with E-state index in [-0.39, 0.29) is 23.2 Å². The van der Waals surface area contributed by atoms with Crippen LogP contribution in [0.25, 0.3) is 0 Å². The van der Waals surface area contributed by atoms with E-state index in [1.807, 2.05) is 0 Å². The van der Waals surface area contributed by atoms with E-state index in [0.717, 1.165) is 0 Å². The van der Waals surface area contributed by atoms with Crippen molar-refractivity contribution in [3.8, 4) is 0 Å². The lowest BCUT2D eigenvalue weighted by atomic mass is 10.0. The van der Waals surface area contributed by atoms with Gasteiger partial charge in [-0.3, -0.25) is 4.79 Å². The number of pyridine rings is 1. The summed E-state index contributed by atoms with van der Waals surface area (Å²) in [5, 5.41) is 0. The molecule has 9 heteroatoms. The fourth-order valence-corrected chi connectivity index (χ4v) is 4.29. The minimum atomic E-state index is -3.89. The van der Waals surface area contributed by atoms with Gasteiger partial charge in [-0.25, -0.2) is 19.2 Å². The Labute approximate surface area is 124 Å². The average molecular weight is 313 g/mol. The molecule has 3 N–H and O–H groups in total. The van der Waals surface area contributed by atoms with E-state index in [1.54, 1.807) is 20.9 Å². The number of rotatable bonds is 3. The first-order chi connectivity index (χ1) is 9.72. The number of anilines is 1. The van der Waals surface area contributed by atoms with Gasteiger partial charge in [0.2, 0.25) is 15.9 Å². The number of carbonyl (C=O) groups excluding carboxylic acids is 1. The zero-order valence-electron chi connectivity index (χ0n) is 12.2. The number of aromatic nitrogens is 1. The summed E-state index contributed by atoms with van der Waals surface area (Å²) in [5.41, 5.74) is 1.12. The Morgan fingerprint density at radius 2 is 2.05 bits per heavy atom. The first kappa shape index (κ1) is 15.7. The van der Waals surface area contributed by atoms with Gasteiger partial charge in [0.15, 0.2) is 5.82 Å². The molecular weight excluding hydrogens is 294 g/mol. The predicted molar refractivity (Wildman–Crippen MR) is 77.7 cm³/mol. The van der Waals surface area contributed by atoms with E-state index < -0.39 is 15.6 Å². The molecule has 0 unspecified atom stereocenters.